The molecule has 0 spiro atoms. The van der Waals surface area contributed by atoms with Crippen molar-refractivity contribution in [2.24, 2.45) is 0 Å². The van der Waals surface area contributed by atoms with Crippen molar-refractivity contribution < 1.29 is 13.2 Å². The van der Waals surface area contributed by atoms with E-state index in [4.69, 9.17) is 0 Å². The smallest absolute Gasteiger partial charge is 0.322 e. The Kier molecular flexibility index (Phi) is 4.83. The second-order valence-electron chi connectivity index (χ2n) is 6.50. The number of fused-ring (bicyclic) bond motifs is 1. The van der Waals surface area contributed by atoms with Crippen LogP contribution in [0.1, 0.15) is 19.4 Å². The van der Waals surface area contributed by atoms with Crippen LogP contribution in [0.25, 0.3) is 11.0 Å². The molecule has 9 heteroatoms. The summed E-state index contributed by atoms with van der Waals surface area (Å²) < 4.78 is 26.4. The molecule has 142 valence electrons. The molecule has 1 fully saturated rings. The molecule has 1 N–H and O–H groups in total. The van der Waals surface area contributed by atoms with Gasteiger partial charge in [0.05, 0.1) is 22.5 Å². The van der Waals surface area contributed by atoms with Crippen LogP contribution in [-0.4, -0.2) is 53.1 Å². The lowest BCUT2D eigenvalue weighted by Gasteiger charge is -2.27. The van der Waals surface area contributed by atoms with E-state index in [-0.39, 0.29) is 36.3 Å². The van der Waals surface area contributed by atoms with Gasteiger partial charge in [-0.25, -0.2) is 18.0 Å². The molecule has 2 aromatic rings. The summed E-state index contributed by atoms with van der Waals surface area (Å²) in [5.41, 5.74) is 3.05. The highest BCUT2D eigenvalue weighted by Crippen LogP contribution is 2.24. The number of aromatic nitrogens is 2. The van der Waals surface area contributed by atoms with Gasteiger partial charge in [-0.3, -0.25) is 9.13 Å². The largest absolute Gasteiger partial charge is 0.329 e. The summed E-state index contributed by atoms with van der Waals surface area (Å²) in [6.07, 6.45) is 0. The maximum Gasteiger partial charge on any atom is 0.329 e. The molecule has 1 aromatic carbocycles. The number of carbonyl (C=O) groups excluding carboxylic acids is 1. The van der Waals surface area contributed by atoms with Crippen LogP contribution in [0.2, 0.25) is 0 Å². The summed E-state index contributed by atoms with van der Waals surface area (Å²) >= 11 is 0. The molecule has 26 heavy (non-hydrogen) atoms. The van der Waals surface area contributed by atoms with Gasteiger partial charge in [0.2, 0.25) is 0 Å². The predicted octanol–water partition coefficient (Wildman–Crippen LogP) is 1.41. The number of nitrogens with one attached hydrogen (secondary N) is 1. The fourth-order valence-corrected chi connectivity index (χ4v) is 4.52. The molecular formula is C17H24N4O4S. The van der Waals surface area contributed by atoms with Gasteiger partial charge in [0.25, 0.3) is 0 Å². The van der Waals surface area contributed by atoms with E-state index in [0.717, 1.165) is 16.6 Å². The maximum atomic E-state index is 12.5. The number of imidazole rings is 1. The van der Waals surface area contributed by atoms with Crippen molar-refractivity contribution in [3.05, 3.63) is 28.2 Å². The Morgan fingerprint density at radius 3 is 2.15 bits per heavy atom. The van der Waals surface area contributed by atoms with Gasteiger partial charge in [0.1, 0.15) is 0 Å². The highest BCUT2D eigenvalue weighted by molar-refractivity contribution is 7.91. The van der Waals surface area contributed by atoms with E-state index in [2.05, 4.69) is 5.32 Å². The first kappa shape index (κ1) is 18.5. The van der Waals surface area contributed by atoms with Crippen molar-refractivity contribution >= 4 is 32.6 Å². The average Bonchev–Trinajstić information content (AvgIpc) is 2.84. The number of nitrogens with zero attached hydrogens (tertiary/aromatic N) is 3. The first-order valence-corrected chi connectivity index (χ1v) is 10.6. The molecule has 1 aliphatic rings. The van der Waals surface area contributed by atoms with Gasteiger partial charge in [-0.1, -0.05) is 0 Å². The first-order valence-electron chi connectivity index (χ1n) is 8.77. The van der Waals surface area contributed by atoms with Crippen LogP contribution in [0.15, 0.2) is 16.9 Å². The molecule has 1 aromatic heterocycles. The number of benzene rings is 1. The van der Waals surface area contributed by atoms with E-state index >= 15 is 0 Å². The number of rotatable bonds is 3. The summed E-state index contributed by atoms with van der Waals surface area (Å²) in [4.78, 5) is 26.5. The fourth-order valence-electron chi connectivity index (χ4n) is 3.32. The van der Waals surface area contributed by atoms with E-state index in [9.17, 15) is 18.0 Å². The van der Waals surface area contributed by atoms with Crippen molar-refractivity contribution in [1.82, 2.24) is 14.0 Å². The molecule has 2 amide bonds. The Labute approximate surface area is 152 Å². The molecule has 3 rings (SSSR count). The molecule has 0 radical (unpaired) electrons. The minimum absolute atomic E-state index is 0.00678. The number of urea groups is 1. The zero-order valence-electron chi connectivity index (χ0n) is 15.3. The number of hydrogen-bond donors (Lipinski definition) is 1. The molecule has 1 aliphatic heterocycles. The second kappa shape index (κ2) is 6.79. The minimum atomic E-state index is -3.04. The van der Waals surface area contributed by atoms with Gasteiger partial charge in [-0.05, 0) is 38.5 Å². The van der Waals surface area contributed by atoms with Gasteiger partial charge in [0, 0.05) is 31.9 Å². The van der Waals surface area contributed by atoms with Crippen molar-refractivity contribution in [2.75, 3.05) is 29.9 Å². The van der Waals surface area contributed by atoms with Crippen LogP contribution < -0.4 is 11.0 Å². The van der Waals surface area contributed by atoms with Crippen molar-refractivity contribution in [3.63, 3.8) is 0 Å². The SMILES string of the molecule is CCn1c(=O)n(CC)c2cc(NC(=O)N3CCS(=O)(=O)CC3)c(C)cc21. The van der Waals surface area contributed by atoms with Crippen molar-refractivity contribution in [2.45, 2.75) is 33.9 Å². The Hall–Kier alpha value is -2.29. The number of amides is 2. The summed E-state index contributed by atoms with van der Waals surface area (Å²) in [7, 11) is -3.04. The van der Waals surface area contributed by atoms with Gasteiger partial charge in [-0.2, -0.15) is 0 Å². The quantitative estimate of drug-likeness (QED) is 0.871. The molecule has 0 bridgehead atoms. The van der Waals surface area contributed by atoms with Crippen molar-refractivity contribution in [1.29, 1.82) is 0 Å². The maximum absolute atomic E-state index is 12.5. The molecule has 8 nitrogen and oxygen atoms in total. The summed E-state index contributed by atoms with van der Waals surface area (Å²) in [5.74, 6) is -0.0136. The lowest BCUT2D eigenvalue weighted by atomic mass is 10.1. The number of anilines is 1. The fraction of sp³-hybridized carbons (Fsp3) is 0.529. The van der Waals surface area contributed by atoms with Crippen LogP contribution in [0, 0.1) is 6.92 Å². The predicted molar refractivity (Wildman–Crippen MR) is 102 cm³/mol. The average molecular weight is 380 g/mol. The number of sulfone groups is 1. The molecular weight excluding hydrogens is 356 g/mol. The van der Waals surface area contributed by atoms with Crippen molar-refractivity contribution in [3.8, 4) is 0 Å². The van der Waals surface area contributed by atoms with E-state index < -0.39 is 9.84 Å². The number of hydrogen-bond acceptors (Lipinski definition) is 4. The number of carbonyl (C=O) groups is 1. The van der Waals surface area contributed by atoms with Gasteiger partial charge < -0.3 is 10.2 Å². The van der Waals surface area contributed by atoms with Gasteiger partial charge in [-0.15, -0.1) is 0 Å². The van der Waals surface area contributed by atoms with E-state index in [0.29, 0.717) is 18.8 Å². The molecule has 0 atom stereocenters. The van der Waals surface area contributed by atoms with Gasteiger partial charge >= 0.3 is 11.7 Å². The standard InChI is InChI=1S/C17H24N4O4S/c1-4-20-14-10-12(3)13(11-15(14)21(5-2)17(20)23)18-16(22)19-6-8-26(24,25)9-7-19/h10-11H,4-9H2,1-3H3,(H,18,22). The molecule has 0 unspecified atom stereocenters. The third-order valence-corrected chi connectivity index (χ3v) is 6.48. The summed E-state index contributed by atoms with van der Waals surface area (Å²) in [6.45, 7) is 7.23. The Morgan fingerprint density at radius 2 is 1.62 bits per heavy atom. The van der Waals surface area contributed by atoms with E-state index in [1.54, 1.807) is 9.13 Å². The minimum Gasteiger partial charge on any atom is -0.322 e. The first-order chi connectivity index (χ1) is 12.3. The Balaban J connectivity index is 1.92. The lowest BCUT2D eigenvalue weighted by Crippen LogP contribution is -2.45. The van der Waals surface area contributed by atoms with Crippen LogP contribution in [0.3, 0.4) is 0 Å². The van der Waals surface area contributed by atoms with Crippen LogP contribution >= 0.6 is 0 Å². The summed E-state index contributed by atoms with van der Waals surface area (Å²) in [6, 6.07) is 3.41. The highest BCUT2D eigenvalue weighted by atomic mass is 32.2. The second-order valence-corrected chi connectivity index (χ2v) is 8.80. The zero-order valence-corrected chi connectivity index (χ0v) is 16.1. The lowest BCUT2D eigenvalue weighted by molar-refractivity contribution is 0.216. The Bertz CT molecular complexity index is 1010. The van der Waals surface area contributed by atoms with Crippen LogP contribution in [0.5, 0.6) is 0 Å². The third-order valence-electron chi connectivity index (χ3n) is 4.87. The number of aryl methyl sites for hydroxylation is 3. The Morgan fingerprint density at radius 1 is 1.08 bits per heavy atom. The zero-order chi connectivity index (χ0) is 19.1. The molecule has 0 saturated carbocycles. The molecule has 1 saturated heterocycles. The third kappa shape index (κ3) is 3.23. The van der Waals surface area contributed by atoms with Crippen LogP contribution in [0.4, 0.5) is 10.5 Å². The van der Waals surface area contributed by atoms with E-state index in [1.807, 2.05) is 32.9 Å². The highest BCUT2D eigenvalue weighted by Gasteiger charge is 2.25. The topological polar surface area (TPSA) is 93.4 Å². The summed E-state index contributed by atoms with van der Waals surface area (Å²) in [5, 5.41) is 2.86. The monoisotopic (exact) mass is 380 g/mol. The molecule has 0 aliphatic carbocycles. The van der Waals surface area contributed by atoms with E-state index in [1.165, 1.54) is 4.90 Å². The molecule has 2 heterocycles. The normalized spacial score (nSPS) is 16.8. The van der Waals surface area contributed by atoms with Crippen LogP contribution in [-0.2, 0) is 22.9 Å². The van der Waals surface area contributed by atoms with Gasteiger partial charge in [0.15, 0.2) is 9.84 Å².